The van der Waals surface area contributed by atoms with Gasteiger partial charge in [0, 0.05) is 11.6 Å². The maximum atomic E-state index is 12.3. The van der Waals surface area contributed by atoms with Gasteiger partial charge in [0.1, 0.15) is 5.75 Å². The molecule has 0 spiro atoms. The van der Waals surface area contributed by atoms with Crippen LogP contribution in [0.5, 0.6) is 17.2 Å². The van der Waals surface area contributed by atoms with Gasteiger partial charge in [0.2, 0.25) is 6.79 Å². The molecule has 5 nitrogen and oxygen atoms in total. The van der Waals surface area contributed by atoms with Crippen LogP contribution in [0.2, 0.25) is 5.02 Å². The summed E-state index contributed by atoms with van der Waals surface area (Å²) in [5, 5.41) is 3.51. The fourth-order valence-corrected chi connectivity index (χ4v) is 2.48. The van der Waals surface area contributed by atoms with Gasteiger partial charge in [-0.2, -0.15) is 0 Å². The molecule has 0 unspecified atom stereocenters. The van der Waals surface area contributed by atoms with E-state index in [9.17, 15) is 4.79 Å². The van der Waals surface area contributed by atoms with Crippen LogP contribution in [-0.4, -0.2) is 18.8 Å². The summed E-state index contributed by atoms with van der Waals surface area (Å²) < 4.78 is 16.3. The van der Waals surface area contributed by atoms with Crippen molar-refractivity contribution in [2.24, 2.45) is 0 Å². The minimum absolute atomic E-state index is 0.162. The van der Waals surface area contributed by atoms with E-state index in [1.165, 1.54) is 0 Å². The predicted molar refractivity (Wildman–Crippen MR) is 90.6 cm³/mol. The van der Waals surface area contributed by atoms with Gasteiger partial charge >= 0.3 is 0 Å². The average Bonchev–Trinajstić information content (AvgIpc) is 3.07. The topological polar surface area (TPSA) is 56.8 Å². The second kappa shape index (κ2) is 7.45. The summed E-state index contributed by atoms with van der Waals surface area (Å²) in [4.78, 5) is 12.3. The zero-order chi connectivity index (χ0) is 16.9. The zero-order valence-corrected chi connectivity index (χ0v) is 14.0. The molecule has 0 saturated heterocycles. The van der Waals surface area contributed by atoms with Crippen LogP contribution in [0.3, 0.4) is 0 Å². The summed E-state index contributed by atoms with van der Waals surface area (Å²) in [5.41, 5.74) is 0.939. The van der Waals surface area contributed by atoms with Crippen LogP contribution >= 0.6 is 11.6 Å². The number of fused-ring (bicyclic) bond motifs is 1. The number of hydrogen-bond acceptors (Lipinski definition) is 4. The van der Waals surface area contributed by atoms with E-state index in [1.807, 2.05) is 25.1 Å². The number of carbonyl (C=O) groups excluding carboxylic acids is 1. The molecule has 0 aliphatic carbocycles. The van der Waals surface area contributed by atoms with Gasteiger partial charge in [-0.1, -0.05) is 24.6 Å². The number of rotatable bonds is 6. The maximum Gasteiger partial charge on any atom is 0.261 e. The lowest BCUT2D eigenvalue weighted by molar-refractivity contribution is -0.128. The van der Waals surface area contributed by atoms with Crippen LogP contribution in [0.4, 0.5) is 0 Å². The molecule has 1 N–H and O–H groups in total. The molecule has 1 heterocycles. The number of ether oxygens (including phenoxy) is 3. The first-order valence-electron chi connectivity index (χ1n) is 7.74. The number of carbonyl (C=O) groups is 1. The summed E-state index contributed by atoms with van der Waals surface area (Å²) in [7, 11) is 0. The van der Waals surface area contributed by atoms with Gasteiger partial charge in [0.05, 0.1) is 0 Å². The molecule has 0 bridgehead atoms. The maximum absolute atomic E-state index is 12.3. The van der Waals surface area contributed by atoms with Crippen LogP contribution in [0.15, 0.2) is 42.5 Å². The third kappa shape index (κ3) is 3.92. The molecule has 126 valence electrons. The van der Waals surface area contributed by atoms with Crippen molar-refractivity contribution in [1.82, 2.24) is 5.32 Å². The van der Waals surface area contributed by atoms with E-state index in [2.05, 4.69) is 5.32 Å². The summed E-state index contributed by atoms with van der Waals surface area (Å²) in [5.74, 6) is 1.88. The third-order valence-electron chi connectivity index (χ3n) is 3.66. The molecule has 2 aromatic carbocycles. The lowest BCUT2D eigenvalue weighted by atomic mass is 10.2. The van der Waals surface area contributed by atoms with E-state index in [0.717, 1.165) is 11.3 Å². The van der Waals surface area contributed by atoms with Gasteiger partial charge in [0.15, 0.2) is 17.6 Å². The van der Waals surface area contributed by atoms with E-state index in [0.29, 0.717) is 29.5 Å². The van der Waals surface area contributed by atoms with Crippen molar-refractivity contribution in [2.45, 2.75) is 26.0 Å². The fraction of sp³-hybridized carbons (Fsp3) is 0.278. The first kappa shape index (κ1) is 16.5. The van der Waals surface area contributed by atoms with Gasteiger partial charge in [-0.05, 0) is 48.4 Å². The van der Waals surface area contributed by atoms with Crippen molar-refractivity contribution in [2.75, 3.05) is 6.79 Å². The Hall–Kier alpha value is -2.40. The molecule has 0 saturated carbocycles. The highest BCUT2D eigenvalue weighted by Crippen LogP contribution is 2.32. The molecule has 2 aromatic rings. The highest BCUT2D eigenvalue weighted by molar-refractivity contribution is 6.30. The SMILES string of the molecule is CC[C@H](Oc1ccc(Cl)cc1)C(=O)NCc1ccc2c(c1)OCO2. The smallest absolute Gasteiger partial charge is 0.261 e. The predicted octanol–water partition coefficient (Wildman–Crippen LogP) is 3.54. The van der Waals surface area contributed by atoms with E-state index in [-0.39, 0.29) is 12.7 Å². The second-order valence-electron chi connectivity index (χ2n) is 5.37. The van der Waals surface area contributed by atoms with Gasteiger partial charge < -0.3 is 19.5 Å². The average molecular weight is 348 g/mol. The molecule has 3 rings (SSSR count). The standard InChI is InChI=1S/C18H18ClNO4/c1-2-15(24-14-6-4-13(19)5-7-14)18(21)20-10-12-3-8-16-17(9-12)23-11-22-16/h3-9,15H,2,10-11H2,1H3,(H,20,21)/t15-/m0/s1. The minimum Gasteiger partial charge on any atom is -0.481 e. The quantitative estimate of drug-likeness (QED) is 0.868. The van der Waals surface area contributed by atoms with E-state index < -0.39 is 6.10 Å². The van der Waals surface area contributed by atoms with Crippen molar-refractivity contribution >= 4 is 17.5 Å². The summed E-state index contributed by atoms with van der Waals surface area (Å²) >= 11 is 5.85. The number of amides is 1. The molecule has 6 heteroatoms. The third-order valence-corrected chi connectivity index (χ3v) is 3.91. The van der Waals surface area contributed by atoms with Crippen molar-refractivity contribution in [3.63, 3.8) is 0 Å². The van der Waals surface area contributed by atoms with Crippen LogP contribution in [0, 0.1) is 0 Å². The monoisotopic (exact) mass is 347 g/mol. The van der Waals surface area contributed by atoms with Crippen molar-refractivity contribution < 1.29 is 19.0 Å². The lowest BCUT2D eigenvalue weighted by Gasteiger charge is -2.17. The Morgan fingerprint density at radius 1 is 1.21 bits per heavy atom. The number of hydrogen-bond donors (Lipinski definition) is 1. The largest absolute Gasteiger partial charge is 0.481 e. The molecule has 0 fully saturated rings. The van der Waals surface area contributed by atoms with Gasteiger partial charge in [-0.25, -0.2) is 0 Å². The summed E-state index contributed by atoms with van der Waals surface area (Å²) in [6.45, 7) is 2.54. The van der Waals surface area contributed by atoms with Gasteiger partial charge in [0.25, 0.3) is 5.91 Å². The first-order chi connectivity index (χ1) is 11.7. The molecule has 24 heavy (non-hydrogen) atoms. The second-order valence-corrected chi connectivity index (χ2v) is 5.81. The molecule has 0 radical (unpaired) electrons. The van der Waals surface area contributed by atoms with E-state index in [4.69, 9.17) is 25.8 Å². The Morgan fingerprint density at radius 3 is 2.71 bits per heavy atom. The molecule has 0 aromatic heterocycles. The number of benzene rings is 2. The Labute approximate surface area is 145 Å². The number of nitrogens with one attached hydrogen (secondary N) is 1. The minimum atomic E-state index is -0.555. The molecule has 1 aliphatic heterocycles. The van der Waals surface area contributed by atoms with Crippen LogP contribution in [-0.2, 0) is 11.3 Å². The van der Waals surface area contributed by atoms with E-state index in [1.54, 1.807) is 24.3 Å². The molecular weight excluding hydrogens is 330 g/mol. The Balaban J connectivity index is 1.57. The van der Waals surface area contributed by atoms with Crippen LogP contribution < -0.4 is 19.5 Å². The Bertz CT molecular complexity index is 717. The summed E-state index contributed by atoms with van der Waals surface area (Å²) in [6.07, 6.45) is 0.00969. The van der Waals surface area contributed by atoms with E-state index >= 15 is 0 Å². The van der Waals surface area contributed by atoms with Gasteiger partial charge in [-0.15, -0.1) is 0 Å². The van der Waals surface area contributed by atoms with Gasteiger partial charge in [-0.3, -0.25) is 4.79 Å². The fourth-order valence-electron chi connectivity index (χ4n) is 2.35. The molecular formula is C18H18ClNO4. The Kier molecular flexibility index (Phi) is 5.11. The highest BCUT2D eigenvalue weighted by Gasteiger charge is 2.19. The lowest BCUT2D eigenvalue weighted by Crippen LogP contribution is -2.37. The summed E-state index contributed by atoms with van der Waals surface area (Å²) in [6, 6.07) is 12.6. The normalized spacial score (nSPS) is 13.4. The number of halogens is 1. The first-order valence-corrected chi connectivity index (χ1v) is 8.12. The molecule has 1 atom stereocenters. The van der Waals surface area contributed by atoms with Crippen molar-refractivity contribution in [1.29, 1.82) is 0 Å². The molecule has 1 aliphatic rings. The Morgan fingerprint density at radius 2 is 1.96 bits per heavy atom. The van der Waals surface area contributed by atoms with Crippen LogP contribution in [0.1, 0.15) is 18.9 Å². The molecule has 1 amide bonds. The highest BCUT2D eigenvalue weighted by atomic mass is 35.5. The van der Waals surface area contributed by atoms with Crippen molar-refractivity contribution in [3.8, 4) is 17.2 Å². The van der Waals surface area contributed by atoms with Crippen LogP contribution in [0.25, 0.3) is 0 Å². The zero-order valence-electron chi connectivity index (χ0n) is 13.3. The van der Waals surface area contributed by atoms with Crippen molar-refractivity contribution in [3.05, 3.63) is 53.1 Å².